The third-order valence-corrected chi connectivity index (χ3v) is 8.02. The van der Waals surface area contributed by atoms with E-state index in [1.54, 1.807) is 0 Å². The normalized spacial score (nSPS) is 29.7. The molecule has 164 valence electrons. The van der Waals surface area contributed by atoms with Crippen LogP contribution in [0.25, 0.3) is 0 Å². The lowest BCUT2D eigenvalue weighted by molar-refractivity contribution is -0.122. The van der Waals surface area contributed by atoms with Crippen molar-refractivity contribution in [3.63, 3.8) is 0 Å². The molecule has 31 heavy (non-hydrogen) atoms. The summed E-state index contributed by atoms with van der Waals surface area (Å²) < 4.78 is 6.02. The zero-order valence-electron chi connectivity index (χ0n) is 19.1. The molecule has 0 saturated heterocycles. The molecule has 1 atom stereocenters. The van der Waals surface area contributed by atoms with Gasteiger partial charge < -0.3 is 10.1 Å². The summed E-state index contributed by atoms with van der Waals surface area (Å²) in [5.74, 6) is 3.86. The average Bonchev–Trinajstić information content (AvgIpc) is 2.73. The number of benzene rings is 2. The quantitative estimate of drug-likeness (QED) is 0.569. The first-order valence-electron chi connectivity index (χ1n) is 12.1. The molecule has 2 aromatic carbocycles. The van der Waals surface area contributed by atoms with Crippen LogP contribution in [-0.4, -0.2) is 12.0 Å². The van der Waals surface area contributed by atoms with Gasteiger partial charge in [-0.2, -0.15) is 0 Å². The van der Waals surface area contributed by atoms with Crippen molar-refractivity contribution in [1.29, 1.82) is 0 Å². The molecule has 4 aliphatic rings. The Morgan fingerprint density at radius 1 is 0.903 bits per heavy atom. The number of nitrogens with one attached hydrogen (secondary N) is 1. The predicted molar refractivity (Wildman–Crippen MR) is 126 cm³/mol. The molecule has 2 aromatic rings. The van der Waals surface area contributed by atoms with Crippen molar-refractivity contribution in [3.8, 4) is 5.75 Å². The Morgan fingerprint density at radius 3 is 2.06 bits per heavy atom. The smallest absolute Gasteiger partial charge is 0.265 e. The lowest BCUT2D eigenvalue weighted by atomic mass is 9.48. The van der Waals surface area contributed by atoms with Crippen molar-refractivity contribution in [3.05, 3.63) is 59.7 Å². The summed E-state index contributed by atoms with van der Waals surface area (Å²) in [5, 5.41) is 3.05. The van der Waals surface area contributed by atoms with E-state index in [0.717, 1.165) is 34.8 Å². The van der Waals surface area contributed by atoms with E-state index in [1.165, 1.54) is 44.1 Å². The van der Waals surface area contributed by atoms with Crippen molar-refractivity contribution in [1.82, 2.24) is 0 Å². The van der Waals surface area contributed by atoms with Gasteiger partial charge in [0.15, 0.2) is 6.10 Å². The van der Waals surface area contributed by atoms with Gasteiger partial charge >= 0.3 is 0 Å². The molecule has 0 aliphatic heterocycles. The lowest BCUT2D eigenvalue weighted by Crippen LogP contribution is -2.48. The second kappa shape index (κ2) is 8.00. The third-order valence-electron chi connectivity index (χ3n) is 8.02. The number of rotatable bonds is 6. The van der Waals surface area contributed by atoms with Crippen LogP contribution < -0.4 is 10.1 Å². The summed E-state index contributed by atoms with van der Waals surface area (Å²) in [5.41, 5.74) is 3.86. The molecule has 0 heterocycles. The van der Waals surface area contributed by atoms with Crippen LogP contribution in [0, 0.1) is 17.8 Å². The summed E-state index contributed by atoms with van der Waals surface area (Å²) in [6.45, 7) is 6.09. The summed E-state index contributed by atoms with van der Waals surface area (Å²) in [4.78, 5) is 12.8. The minimum atomic E-state index is -0.553. The van der Waals surface area contributed by atoms with Gasteiger partial charge in [-0.05, 0) is 104 Å². The monoisotopic (exact) mass is 417 g/mol. The molecule has 0 unspecified atom stereocenters. The molecule has 4 aliphatic carbocycles. The van der Waals surface area contributed by atoms with Gasteiger partial charge in [0, 0.05) is 5.69 Å². The van der Waals surface area contributed by atoms with Crippen LogP contribution in [0.4, 0.5) is 5.69 Å². The van der Waals surface area contributed by atoms with Gasteiger partial charge in [-0.3, -0.25) is 4.79 Å². The van der Waals surface area contributed by atoms with Crippen LogP contribution in [0.5, 0.6) is 5.75 Å². The second-order valence-corrected chi connectivity index (χ2v) is 10.7. The standard InChI is InChI=1S/C28H35NO2/c1-18(2)25-6-4-5-7-26(25)31-19(3)27(30)29-24-10-8-23(9-11-24)28-15-20-12-21(16-28)14-22(13-20)17-28/h4-11,18-22H,12-17H2,1-3H3,(H,29,30)/t19-,20?,21?,22?,28?/m0/s1. The zero-order chi connectivity index (χ0) is 21.6. The Kier molecular flexibility index (Phi) is 5.32. The van der Waals surface area contributed by atoms with Gasteiger partial charge in [0.25, 0.3) is 5.91 Å². The summed E-state index contributed by atoms with van der Waals surface area (Å²) in [7, 11) is 0. The van der Waals surface area contributed by atoms with Crippen LogP contribution in [0.2, 0.25) is 0 Å². The van der Waals surface area contributed by atoms with E-state index in [2.05, 4.69) is 49.5 Å². The molecular formula is C28H35NO2. The van der Waals surface area contributed by atoms with Gasteiger partial charge in [0.05, 0.1) is 0 Å². The van der Waals surface area contributed by atoms with E-state index in [-0.39, 0.29) is 5.91 Å². The minimum absolute atomic E-state index is 0.110. The second-order valence-electron chi connectivity index (χ2n) is 10.7. The molecule has 0 radical (unpaired) electrons. The van der Waals surface area contributed by atoms with E-state index in [9.17, 15) is 4.79 Å². The Balaban J connectivity index is 1.24. The van der Waals surface area contributed by atoms with Crippen molar-refractivity contribution in [2.75, 3.05) is 5.32 Å². The first kappa shape index (κ1) is 20.6. The Bertz CT molecular complexity index is 910. The number of para-hydroxylation sites is 1. The maximum atomic E-state index is 12.8. The number of hydrogen-bond donors (Lipinski definition) is 1. The van der Waals surface area contributed by atoms with Crippen LogP contribution in [0.15, 0.2) is 48.5 Å². The molecule has 0 aromatic heterocycles. The number of anilines is 1. The molecule has 1 amide bonds. The minimum Gasteiger partial charge on any atom is -0.481 e. The fourth-order valence-corrected chi connectivity index (χ4v) is 6.92. The van der Waals surface area contributed by atoms with Gasteiger partial charge in [0.1, 0.15) is 5.75 Å². The van der Waals surface area contributed by atoms with Crippen molar-refractivity contribution in [2.45, 2.75) is 76.7 Å². The highest BCUT2D eigenvalue weighted by atomic mass is 16.5. The average molecular weight is 418 g/mol. The molecule has 0 spiro atoms. The number of carbonyl (C=O) groups is 1. The van der Waals surface area contributed by atoms with Crippen LogP contribution in [0.1, 0.15) is 76.3 Å². The Morgan fingerprint density at radius 2 is 1.48 bits per heavy atom. The fraction of sp³-hybridized carbons (Fsp3) is 0.536. The van der Waals surface area contributed by atoms with E-state index in [1.807, 2.05) is 25.1 Å². The number of hydrogen-bond acceptors (Lipinski definition) is 2. The zero-order valence-corrected chi connectivity index (χ0v) is 19.1. The SMILES string of the molecule is CC(C)c1ccccc1O[C@@H](C)C(=O)Nc1ccc(C23CC4CC(CC(C4)C2)C3)cc1. The molecule has 4 bridgehead atoms. The maximum Gasteiger partial charge on any atom is 0.265 e. The molecule has 4 fully saturated rings. The van der Waals surface area contributed by atoms with E-state index < -0.39 is 6.10 Å². The highest BCUT2D eigenvalue weighted by Gasteiger charge is 2.51. The van der Waals surface area contributed by atoms with Gasteiger partial charge in [-0.1, -0.05) is 44.2 Å². The van der Waals surface area contributed by atoms with Crippen LogP contribution in [0.3, 0.4) is 0 Å². The molecule has 6 rings (SSSR count). The number of carbonyl (C=O) groups excluding carboxylic acids is 1. The van der Waals surface area contributed by atoms with Gasteiger partial charge in [0.2, 0.25) is 0 Å². The summed E-state index contributed by atoms with van der Waals surface area (Å²) >= 11 is 0. The molecule has 3 heteroatoms. The summed E-state index contributed by atoms with van der Waals surface area (Å²) in [6.07, 6.45) is 7.94. The topological polar surface area (TPSA) is 38.3 Å². The first-order valence-corrected chi connectivity index (χ1v) is 12.1. The van der Waals surface area contributed by atoms with Gasteiger partial charge in [-0.25, -0.2) is 0 Å². The maximum absolute atomic E-state index is 12.8. The van der Waals surface area contributed by atoms with Gasteiger partial charge in [-0.15, -0.1) is 0 Å². The van der Waals surface area contributed by atoms with E-state index >= 15 is 0 Å². The van der Waals surface area contributed by atoms with Crippen LogP contribution in [-0.2, 0) is 10.2 Å². The molecule has 3 nitrogen and oxygen atoms in total. The molecular weight excluding hydrogens is 382 g/mol. The highest BCUT2D eigenvalue weighted by Crippen LogP contribution is 2.60. The van der Waals surface area contributed by atoms with E-state index in [0.29, 0.717) is 11.3 Å². The Hall–Kier alpha value is -2.29. The first-order chi connectivity index (χ1) is 14.9. The van der Waals surface area contributed by atoms with Crippen molar-refractivity contribution >= 4 is 11.6 Å². The van der Waals surface area contributed by atoms with Crippen molar-refractivity contribution in [2.24, 2.45) is 17.8 Å². The summed E-state index contributed by atoms with van der Waals surface area (Å²) in [6, 6.07) is 16.7. The largest absolute Gasteiger partial charge is 0.481 e. The Labute approximate surface area is 186 Å². The molecule has 4 saturated carbocycles. The lowest BCUT2D eigenvalue weighted by Gasteiger charge is -2.57. The van der Waals surface area contributed by atoms with Crippen LogP contribution >= 0.6 is 0 Å². The highest BCUT2D eigenvalue weighted by molar-refractivity contribution is 5.94. The third kappa shape index (κ3) is 4.00. The predicted octanol–water partition coefficient (Wildman–Crippen LogP) is 6.68. The van der Waals surface area contributed by atoms with Crippen molar-refractivity contribution < 1.29 is 9.53 Å². The molecule has 1 N–H and O–H groups in total. The fourth-order valence-electron chi connectivity index (χ4n) is 6.92. The number of ether oxygens (including phenoxy) is 1. The number of amides is 1. The van der Waals surface area contributed by atoms with E-state index in [4.69, 9.17) is 4.74 Å².